The van der Waals surface area contributed by atoms with Crippen molar-refractivity contribution in [3.8, 4) is 0 Å². The van der Waals surface area contributed by atoms with Gasteiger partial charge in [-0.2, -0.15) is 0 Å². The lowest BCUT2D eigenvalue weighted by molar-refractivity contribution is 0.723. The SMILES string of the molecule is ClC1=CCN(Cl)C(c2ccccc2)=N1. The topological polar surface area (TPSA) is 15.6 Å². The van der Waals surface area contributed by atoms with Gasteiger partial charge in [-0.3, -0.25) is 4.42 Å². The predicted molar refractivity (Wildman–Crippen MR) is 59.5 cm³/mol. The van der Waals surface area contributed by atoms with E-state index < -0.39 is 0 Å². The molecule has 0 aromatic heterocycles. The molecule has 72 valence electrons. The lowest BCUT2D eigenvalue weighted by atomic mass is 10.2. The average molecular weight is 227 g/mol. The highest BCUT2D eigenvalue weighted by molar-refractivity contribution is 6.32. The van der Waals surface area contributed by atoms with E-state index >= 15 is 0 Å². The minimum Gasteiger partial charge on any atom is -0.264 e. The third kappa shape index (κ3) is 1.91. The van der Waals surface area contributed by atoms with E-state index in [1.165, 1.54) is 0 Å². The summed E-state index contributed by atoms with van der Waals surface area (Å²) in [7, 11) is 0. The van der Waals surface area contributed by atoms with Gasteiger partial charge in [-0.05, 0) is 6.08 Å². The van der Waals surface area contributed by atoms with Crippen LogP contribution >= 0.6 is 23.4 Å². The molecule has 0 saturated heterocycles. The normalized spacial score (nSPS) is 16.3. The van der Waals surface area contributed by atoms with Crippen molar-refractivity contribution in [3.63, 3.8) is 0 Å². The molecular weight excluding hydrogens is 219 g/mol. The molecule has 0 bridgehead atoms. The van der Waals surface area contributed by atoms with E-state index in [2.05, 4.69) is 4.99 Å². The Morgan fingerprint density at radius 2 is 1.93 bits per heavy atom. The molecule has 1 aromatic rings. The van der Waals surface area contributed by atoms with Gasteiger partial charge in [0.1, 0.15) is 5.16 Å². The van der Waals surface area contributed by atoms with E-state index in [4.69, 9.17) is 23.4 Å². The van der Waals surface area contributed by atoms with Crippen molar-refractivity contribution in [2.45, 2.75) is 0 Å². The van der Waals surface area contributed by atoms with Crippen molar-refractivity contribution < 1.29 is 0 Å². The Morgan fingerprint density at radius 1 is 1.21 bits per heavy atom. The van der Waals surface area contributed by atoms with Crippen LogP contribution in [0.2, 0.25) is 0 Å². The smallest absolute Gasteiger partial charge is 0.152 e. The van der Waals surface area contributed by atoms with Crippen molar-refractivity contribution in [1.29, 1.82) is 0 Å². The van der Waals surface area contributed by atoms with E-state index in [-0.39, 0.29) is 0 Å². The van der Waals surface area contributed by atoms with Gasteiger partial charge in [-0.15, -0.1) is 0 Å². The van der Waals surface area contributed by atoms with Crippen molar-refractivity contribution in [1.82, 2.24) is 4.42 Å². The van der Waals surface area contributed by atoms with Crippen molar-refractivity contribution in [2.75, 3.05) is 6.54 Å². The molecule has 1 heterocycles. The molecule has 0 N–H and O–H groups in total. The largest absolute Gasteiger partial charge is 0.264 e. The van der Waals surface area contributed by atoms with Gasteiger partial charge in [0.05, 0.1) is 6.54 Å². The Kier molecular flexibility index (Phi) is 2.75. The standard InChI is InChI=1S/C10H8Cl2N2/c11-9-6-7-14(12)10(13-9)8-4-2-1-3-5-8/h1-6H,7H2. The molecule has 1 aliphatic rings. The number of hydrogen-bond acceptors (Lipinski definition) is 2. The summed E-state index contributed by atoms with van der Waals surface area (Å²) in [5.41, 5.74) is 0.966. The summed E-state index contributed by atoms with van der Waals surface area (Å²) >= 11 is 11.8. The van der Waals surface area contributed by atoms with Crippen LogP contribution in [-0.2, 0) is 0 Å². The molecule has 14 heavy (non-hydrogen) atoms. The minimum atomic E-state index is 0.487. The van der Waals surface area contributed by atoms with E-state index in [9.17, 15) is 0 Å². The predicted octanol–water partition coefficient (Wildman–Crippen LogP) is 2.98. The van der Waals surface area contributed by atoms with Crippen molar-refractivity contribution in [3.05, 3.63) is 47.1 Å². The highest BCUT2D eigenvalue weighted by atomic mass is 35.5. The summed E-state index contributed by atoms with van der Waals surface area (Å²) in [6.07, 6.45) is 1.76. The number of halogens is 2. The van der Waals surface area contributed by atoms with Gasteiger partial charge >= 0.3 is 0 Å². The van der Waals surface area contributed by atoms with Crippen LogP contribution in [-0.4, -0.2) is 16.8 Å². The average Bonchev–Trinajstić information content (AvgIpc) is 2.23. The van der Waals surface area contributed by atoms with Gasteiger partial charge in [-0.25, -0.2) is 4.99 Å². The molecule has 1 aromatic carbocycles. The maximum atomic E-state index is 5.98. The number of nitrogens with zero attached hydrogens (tertiary/aromatic N) is 2. The quantitative estimate of drug-likeness (QED) is 0.531. The number of hydrogen-bond donors (Lipinski definition) is 0. The maximum Gasteiger partial charge on any atom is 0.152 e. The zero-order valence-electron chi connectivity index (χ0n) is 7.32. The fraction of sp³-hybridized carbons (Fsp3) is 0.100. The Bertz CT molecular complexity index is 384. The third-order valence-electron chi connectivity index (χ3n) is 1.89. The molecule has 0 atom stereocenters. The number of rotatable bonds is 1. The molecule has 0 spiro atoms. The molecule has 2 rings (SSSR count). The second kappa shape index (κ2) is 4.03. The molecular formula is C10H8Cl2N2. The summed E-state index contributed by atoms with van der Waals surface area (Å²) in [4.78, 5) is 4.17. The van der Waals surface area contributed by atoms with Crippen LogP contribution < -0.4 is 0 Å². The molecule has 0 fully saturated rings. The van der Waals surface area contributed by atoms with Crippen LogP contribution in [0.5, 0.6) is 0 Å². The first-order valence-electron chi connectivity index (χ1n) is 4.20. The second-order valence-electron chi connectivity index (χ2n) is 2.87. The van der Waals surface area contributed by atoms with Gasteiger partial charge in [-0.1, -0.05) is 41.9 Å². The molecule has 0 radical (unpaired) electrons. The summed E-state index contributed by atoms with van der Waals surface area (Å²) in [5, 5.41) is 0.487. The number of amidine groups is 1. The number of benzene rings is 1. The summed E-state index contributed by atoms with van der Waals surface area (Å²) in [6, 6.07) is 9.72. The first-order valence-corrected chi connectivity index (χ1v) is 4.92. The Morgan fingerprint density at radius 3 is 2.64 bits per heavy atom. The lowest BCUT2D eigenvalue weighted by Gasteiger charge is -2.19. The first kappa shape index (κ1) is 9.56. The fourth-order valence-electron chi connectivity index (χ4n) is 1.23. The molecule has 0 amide bonds. The van der Waals surface area contributed by atoms with E-state index in [1.807, 2.05) is 30.3 Å². The second-order valence-corrected chi connectivity index (χ2v) is 3.67. The molecule has 0 saturated carbocycles. The highest BCUT2D eigenvalue weighted by Gasteiger charge is 2.14. The number of aliphatic imine (C=N–C) groups is 1. The Labute approximate surface area is 92.6 Å². The molecule has 2 nitrogen and oxygen atoms in total. The highest BCUT2D eigenvalue weighted by Crippen LogP contribution is 2.17. The zero-order valence-corrected chi connectivity index (χ0v) is 8.83. The summed E-state index contributed by atoms with van der Waals surface area (Å²) in [5.74, 6) is 0.694. The van der Waals surface area contributed by atoms with Gasteiger partial charge in [0.15, 0.2) is 5.84 Å². The third-order valence-corrected chi connectivity index (χ3v) is 2.43. The van der Waals surface area contributed by atoms with Crippen LogP contribution in [0.25, 0.3) is 0 Å². The minimum absolute atomic E-state index is 0.487. The Hall–Kier alpha value is -0.990. The summed E-state index contributed by atoms with van der Waals surface area (Å²) in [6.45, 7) is 0.577. The first-order chi connectivity index (χ1) is 6.77. The van der Waals surface area contributed by atoms with Crippen LogP contribution in [0.3, 0.4) is 0 Å². The van der Waals surface area contributed by atoms with Gasteiger partial charge in [0.25, 0.3) is 0 Å². The maximum absolute atomic E-state index is 5.98. The van der Waals surface area contributed by atoms with E-state index in [0.29, 0.717) is 17.5 Å². The van der Waals surface area contributed by atoms with E-state index in [1.54, 1.807) is 10.5 Å². The molecule has 4 heteroatoms. The van der Waals surface area contributed by atoms with Crippen molar-refractivity contribution >= 4 is 29.2 Å². The monoisotopic (exact) mass is 226 g/mol. The van der Waals surface area contributed by atoms with E-state index in [0.717, 1.165) is 5.56 Å². The van der Waals surface area contributed by atoms with Gasteiger partial charge < -0.3 is 0 Å². The van der Waals surface area contributed by atoms with Crippen LogP contribution in [0, 0.1) is 0 Å². The Balaban J connectivity index is 2.38. The van der Waals surface area contributed by atoms with Crippen LogP contribution in [0.4, 0.5) is 0 Å². The molecule has 1 aliphatic heterocycles. The lowest BCUT2D eigenvalue weighted by Crippen LogP contribution is -2.25. The van der Waals surface area contributed by atoms with Gasteiger partial charge in [0.2, 0.25) is 0 Å². The van der Waals surface area contributed by atoms with Crippen LogP contribution in [0.15, 0.2) is 46.6 Å². The molecule has 0 aliphatic carbocycles. The van der Waals surface area contributed by atoms with Crippen LogP contribution in [0.1, 0.15) is 5.56 Å². The molecule has 0 unspecified atom stereocenters. The van der Waals surface area contributed by atoms with Gasteiger partial charge in [0, 0.05) is 17.3 Å². The zero-order chi connectivity index (χ0) is 9.97. The fourth-order valence-corrected chi connectivity index (χ4v) is 1.59. The summed E-state index contributed by atoms with van der Waals surface area (Å²) < 4.78 is 1.54. The van der Waals surface area contributed by atoms with Crippen molar-refractivity contribution in [2.24, 2.45) is 4.99 Å².